The van der Waals surface area contributed by atoms with Crippen LogP contribution >= 0.6 is 11.3 Å². The fraction of sp³-hybridized carbons (Fsp3) is 0.778. The first-order valence-corrected chi connectivity index (χ1v) is 9.52. The Morgan fingerprint density at radius 1 is 1.56 bits per heavy atom. The van der Waals surface area contributed by atoms with Crippen LogP contribution < -0.4 is 5.32 Å². The molecule has 0 radical (unpaired) electrons. The van der Waals surface area contributed by atoms with Gasteiger partial charge in [-0.15, -0.1) is 11.3 Å². The Hall–Kier alpha value is -1.02. The normalized spacial score (nSPS) is 26.3. The number of esters is 1. The van der Waals surface area contributed by atoms with Crippen molar-refractivity contribution in [1.29, 1.82) is 0 Å². The van der Waals surface area contributed by atoms with Crippen molar-refractivity contribution in [1.82, 2.24) is 10.3 Å². The Balaban J connectivity index is 0.000000777. The molecule has 146 valence electrons. The SMILES string of the molecule is CC(C)(C)OO.COC(=O)[C@H]1C[C@](C)(CC(C)C)N[C@H]1c1cscn1.[HH]. The van der Waals surface area contributed by atoms with Gasteiger partial charge < -0.3 is 10.1 Å². The van der Waals surface area contributed by atoms with Crippen LogP contribution in [-0.2, 0) is 14.4 Å². The molecule has 0 saturated carbocycles. The van der Waals surface area contributed by atoms with Gasteiger partial charge in [0.15, 0.2) is 0 Å². The van der Waals surface area contributed by atoms with Crippen LogP contribution in [0.5, 0.6) is 0 Å². The summed E-state index contributed by atoms with van der Waals surface area (Å²) >= 11 is 1.56. The Morgan fingerprint density at radius 3 is 2.56 bits per heavy atom. The predicted molar refractivity (Wildman–Crippen MR) is 102 cm³/mol. The van der Waals surface area contributed by atoms with Gasteiger partial charge in [0.25, 0.3) is 0 Å². The van der Waals surface area contributed by atoms with E-state index in [-0.39, 0.29) is 24.9 Å². The quantitative estimate of drug-likeness (QED) is 0.465. The summed E-state index contributed by atoms with van der Waals surface area (Å²) in [6.45, 7) is 11.9. The molecule has 2 rings (SSSR count). The number of nitrogens with zero attached hydrogens (tertiary/aromatic N) is 1. The lowest BCUT2D eigenvalue weighted by Crippen LogP contribution is -2.38. The van der Waals surface area contributed by atoms with Crippen molar-refractivity contribution >= 4 is 17.3 Å². The first-order chi connectivity index (χ1) is 11.5. The lowest BCUT2D eigenvalue weighted by Gasteiger charge is -2.27. The summed E-state index contributed by atoms with van der Waals surface area (Å²) in [4.78, 5) is 20.3. The Morgan fingerprint density at radius 2 is 2.16 bits per heavy atom. The molecule has 0 spiro atoms. The average Bonchev–Trinajstić information content (AvgIpc) is 3.13. The minimum atomic E-state index is -0.403. The van der Waals surface area contributed by atoms with Crippen molar-refractivity contribution < 1.29 is 21.1 Å². The van der Waals surface area contributed by atoms with E-state index in [1.165, 1.54) is 7.11 Å². The maximum atomic E-state index is 12.0. The molecule has 7 heteroatoms. The van der Waals surface area contributed by atoms with E-state index < -0.39 is 5.60 Å². The van der Waals surface area contributed by atoms with Crippen molar-refractivity contribution in [2.45, 2.75) is 71.6 Å². The fourth-order valence-electron chi connectivity index (χ4n) is 3.21. The summed E-state index contributed by atoms with van der Waals surface area (Å²) in [7, 11) is 1.46. The summed E-state index contributed by atoms with van der Waals surface area (Å²) in [5.41, 5.74) is 2.33. The fourth-order valence-corrected chi connectivity index (χ4v) is 3.80. The summed E-state index contributed by atoms with van der Waals surface area (Å²) < 4.78 is 4.96. The topological polar surface area (TPSA) is 80.7 Å². The predicted octanol–water partition coefficient (Wildman–Crippen LogP) is 4.29. The largest absolute Gasteiger partial charge is 0.469 e. The van der Waals surface area contributed by atoms with Crippen LogP contribution in [0.2, 0.25) is 0 Å². The molecule has 1 aromatic rings. The summed E-state index contributed by atoms with van der Waals surface area (Å²) in [6, 6.07) is -0.0255. The summed E-state index contributed by atoms with van der Waals surface area (Å²) in [5.74, 6) is 0.304. The molecule has 1 aliphatic rings. The van der Waals surface area contributed by atoms with Gasteiger partial charge in [-0.05, 0) is 46.5 Å². The molecule has 0 unspecified atom stereocenters. The molecule has 6 nitrogen and oxygen atoms in total. The van der Waals surface area contributed by atoms with Gasteiger partial charge in [0.2, 0.25) is 0 Å². The molecular formula is C18H34N2O4S. The molecule has 2 N–H and O–H groups in total. The average molecular weight is 375 g/mol. The van der Waals surface area contributed by atoms with E-state index in [1.807, 2.05) is 10.9 Å². The van der Waals surface area contributed by atoms with Gasteiger partial charge in [0.05, 0.1) is 35.9 Å². The number of nitrogens with one attached hydrogen (secondary N) is 1. The number of hydrogen-bond acceptors (Lipinski definition) is 7. The standard InChI is InChI=1S/C14H22N2O2S.C4H10O2.H2/c1-9(2)5-14(3)6-10(13(17)18-4)12(16-14)11-7-19-8-15-11;1-4(2,3)6-5;/h7-10,12,16H,5-6H2,1-4H3;5H,1-3H3;1H/t10-,12+,14-;;/m0../s1. The van der Waals surface area contributed by atoms with Crippen molar-refractivity contribution in [2.24, 2.45) is 11.8 Å². The van der Waals surface area contributed by atoms with Crippen molar-refractivity contribution in [3.05, 3.63) is 16.6 Å². The Bertz CT molecular complexity index is 534. The number of carbonyl (C=O) groups is 1. The zero-order valence-electron chi connectivity index (χ0n) is 16.3. The highest BCUT2D eigenvalue weighted by atomic mass is 32.1. The van der Waals surface area contributed by atoms with Crippen LogP contribution in [0.1, 0.15) is 67.5 Å². The molecule has 0 aliphatic carbocycles. The molecule has 0 aromatic carbocycles. The number of carbonyl (C=O) groups excluding carboxylic acids is 1. The second-order valence-electron chi connectivity index (χ2n) is 8.23. The molecule has 25 heavy (non-hydrogen) atoms. The number of rotatable bonds is 4. The van der Waals surface area contributed by atoms with Gasteiger partial charge in [0.1, 0.15) is 0 Å². The molecule has 2 heterocycles. The van der Waals surface area contributed by atoms with E-state index in [9.17, 15) is 4.79 Å². The van der Waals surface area contributed by atoms with E-state index in [2.05, 4.69) is 36.0 Å². The van der Waals surface area contributed by atoms with Crippen LogP contribution in [-0.4, -0.2) is 34.5 Å². The van der Waals surface area contributed by atoms with E-state index >= 15 is 0 Å². The molecule has 1 fully saturated rings. The lowest BCUT2D eigenvalue weighted by atomic mass is 9.86. The molecular weight excluding hydrogens is 340 g/mol. The van der Waals surface area contributed by atoms with Gasteiger partial charge in [-0.3, -0.25) is 10.1 Å². The van der Waals surface area contributed by atoms with Crippen LogP contribution in [0.25, 0.3) is 0 Å². The van der Waals surface area contributed by atoms with Crippen LogP contribution in [0.4, 0.5) is 0 Å². The highest BCUT2D eigenvalue weighted by Gasteiger charge is 2.46. The Kier molecular flexibility index (Phi) is 7.99. The maximum absolute atomic E-state index is 12.0. The van der Waals surface area contributed by atoms with Crippen molar-refractivity contribution in [3.63, 3.8) is 0 Å². The second kappa shape index (κ2) is 9.07. The number of ether oxygens (including phenoxy) is 1. The number of aromatic nitrogens is 1. The third-order valence-electron chi connectivity index (χ3n) is 3.98. The zero-order valence-corrected chi connectivity index (χ0v) is 17.1. The van der Waals surface area contributed by atoms with Gasteiger partial charge in [0, 0.05) is 12.3 Å². The highest BCUT2D eigenvalue weighted by molar-refractivity contribution is 7.07. The number of methoxy groups -OCH3 is 1. The lowest BCUT2D eigenvalue weighted by molar-refractivity contribution is -0.306. The van der Waals surface area contributed by atoms with Crippen LogP contribution in [0, 0.1) is 11.8 Å². The molecule has 1 aliphatic heterocycles. The zero-order chi connectivity index (χ0) is 19.3. The Labute approximate surface area is 156 Å². The van der Waals surface area contributed by atoms with Gasteiger partial charge >= 0.3 is 5.97 Å². The molecule has 1 aromatic heterocycles. The first-order valence-electron chi connectivity index (χ1n) is 8.57. The van der Waals surface area contributed by atoms with Crippen LogP contribution in [0.3, 0.4) is 0 Å². The summed E-state index contributed by atoms with van der Waals surface area (Å²) in [5, 5.41) is 13.5. The minimum absolute atomic E-state index is 0. The summed E-state index contributed by atoms with van der Waals surface area (Å²) in [6.07, 6.45) is 1.85. The number of thiazole rings is 1. The molecule has 0 amide bonds. The molecule has 0 bridgehead atoms. The third kappa shape index (κ3) is 7.01. The molecule has 3 atom stereocenters. The maximum Gasteiger partial charge on any atom is 0.310 e. The highest BCUT2D eigenvalue weighted by Crippen LogP contribution is 2.41. The van der Waals surface area contributed by atoms with E-state index in [4.69, 9.17) is 9.99 Å². The van der Waals surface area contributed by atoms with Crippen molar-refractivity contribution in [2.75, 3.05) is 7.11 Å². The monoisotopic (exact) mass is 374 g/mol. The van der Waals surface area contributed by atoms with Crippen LogP contribution in [0.15, 0.2) is 10.9 Å². The van der Waals surface area contributed by atoms with Gasteiger partial charge in [-0.2, -0.15) is 0 Å². The smallest absolute Gasteiger partial charge is 0.310 e. The van der Waals surface area contributed by atoms with E-state index in [0.717, 1.165) is 18.5 Å². The minimum Gasteiger partial charge on any atom is -0.469 e. The first kappa shape index (κ1) is 22.0. The second-order valence-corrected chi connectivity index (χ2v) is 8.95. The molecule has 1 saturated heterocycles. The van der Waals surface area contributed by atoms with E-state index in [1.54, 1.807) is 32.1 Å². The van der Waals surface area contributed by atoms with Crippen molar-refractivity contribution in [3.8, 4) is 0 Å². The van der Waals surface area contributed by atoms with E-state index in [0.29, 0.717) is 5.92 Å². The van der Waals surface area contributed by atoms with Gasteiger partial charge in [-0.1, -0.05) is 13.8 Å². The van der Waals surface area contributed by atoms with Gasteiger partial charge in [-0.25, -0.2) is 9.87 Å². The number of hydrogen-bond donors (Lipinski definition) is 2. The third-order valence-corrected chi connectivity index (χ3v) is 4.59.